The molecular weight excluding hydrogens is 604 g/mol. The lowest BCUT2D eigenvalue weighted by Gasteiger charge is -2.55. The maximum atomic E-state index is 14.2. The van der Waals surface area contributed by atoms with Gasteiger partial charge in [-0.3, -0.25) is 4.79 Å². The molecule has 0 aromatic heterocycles. The number of carboxylic acid groups (broad SMARTS) is 1. The molecular formula is C32H36N2O10S. The van der Waals surface area contributed by atoms with Crippen molar-refractivity contribution >= 4 is 22.1 Å². The Bertz CT molecular complexity index is 1540. The number of hydrogen-bond acceptors (Lipinski definition) is 9. The standard InChI is InChI=1S/C32H36N2O10S/c1-23(33-30(37)41-19-25-11-7-4-8-12-25)29(32-42-20-31(2,21-43-32)22-44-32)34(17-28(35)36)45(38,39)27-15-13-26(14-16-27)40-18-24-9-5-3-6-10-24/h3-16,23,29H,17-22H2,1-2H3,(H,33,37)(H,35,36). The zero-order chi connectivity index (χ0) is 32.1. The molecule has 3 heterocycles. The Morgan fingerprint density at radius 2 is 1.42 bits per heavy atom. The average Bonchev–Trinajstić information content (AvgIpc) is 3.04. The van der Waals surface area contributed by atoms with E-state index < -0.39 is 52.1 Å². The van der Waals surface area contributed by atoms with Gasteiger partial charge in [0.25, 0.3) is 0 Å². The second-order valence-corrected chi connectivity index (χ2v) is 13.3. The minimum Gasteiger partial charge on any atom is -0.489 e. The number of benzene rings is 3. The van der Waals surface area contributed by atoms with Crippen LogP contribution >= 0.6 is 0 Å². The summed E-state index contributed by atoms with van der Waals surface area (Å²) >= 11 is 0. The number of nitrogens with one attached hydrogen (secondary N) is 1. The van der Waals surface area contributed by atoms with Crippen LogP contribution in [0.2, 0.25) is 0 Å². The Kier molecular flexibility index (Phi) is 9.75. The molecule has 3 fully saturated rings. The number of carboxylic acids is 1. The van der Waals surface area contributed by atoms with E-state index in [0.717, 1.165) is 15.4 Å². The lowest BCUT2D eigenvalue weighted by Crippen LogP contribution is -2.72. The van der Waals surface area contributed by atoms with Crippen LogP contribution in [0.4, 0.5) is 4.79 Å². The summed E-state index contributed by atoms with van der Waals surface area (Å²) in [5.41, 5.74) is 1.21. The normalized spacial score (nSPS) is 22.4. The molecule has 2 N–H and O–H groups in total. The monoisotopic (exact) mass is 640 g/mol. The zero-order valence-corrected chi connectivity index (χ0v) is 25.8. The number of hydrogen-bond donors (Lipinski definition) is 2. The van der Waals surface area contributed by atoms with Gasteiger partial charge in [-0.1, -0.05) is 67.6 Å². The number of amides is 1. The van der Waals surface area contributed by atoms with Crippen molar-refractivity contribution in [3.05, 3.63) is 96.1 Å². The van der Waals surface area contributed by atoms with Gasteiger partial charge in [0.2, 0.25) is 10.0 Å². The summed E-state index contributed by atoms with van der Waals surface area (Å²) in [6.07, 6.45) is -0.850. The molecule has 3 aliphatic heterocycles. The summed E-state index contributed by atoms with van der Waals surface area (Å²) < 4.78 is 58.2. The summed E-state index contributed by atoms with van der Waals surface area (Å²) in [7, 11) is -4.55. The van der Waals surface area contributed by atoms with Crippen molar-refractivity contribution < 1.29 is 46.8 Å². The number of nitrogens with zero attached hydrogens (tertiary/aromatic N) is 1. The summed E-state index contributed by atoms with van der Waals surface area (Å²) in [4.78, 5) is 24.8. The van der Waals surface area contributed by atoms with Crippen LogP contribution < -0.4 is 10.1 Å². The molecule has 3 aliphatic rings. The number of alkyl carbamates (subject to hydrolysis) is 1. The van der Waals surface area contributed by atoms with E-state index in [9.17, 15) is 23.1 Å². The average molecular weight is 641 g/mol. The van der Waals surface area contributed by atoms with Crippen LogP contribution in [0.1, 0.15) is 25.0 Å². The second kappa shape index (κ2) is 13.5. The highest BCUT2D eigenvalue weighted by atomic mass is 32.2. The number of ether oxygens (including phenoxy) is 5. The maximum absolute atomic E-state index is 14.2. The van der Waals surface area contributed by atoms with E-state index >= 15 is 0 Å². The van der Waals surface area contributed by atoms with Crippen molar-refractivity contribution in [1.29, 1.82) is 0 Å². The summed E-state index contributed by atoms with van der Waals surface area (Å²) in [5, 5.41) is 12.5. The third kappa shape index (κ3) is 7.63. The Morgan fingerprint density at radius 1 is 0.889 bits per heavy atom. The van der Waals surface area contributed by atoms with Crippen LogP contribution in [-0.4, -0.2) is 74.3 Å². The van der Waals surface area contributed by atoms with Crippen LogP contribution in [0.25, 0.3) is 0 Å². The van der Waals surface area contributed by atoms with Gasteiger partial charge in [-0.05, 0) is 42.3 Å². The fourth-order valence-corrected chi connectivity index (χ4v) is 6.78. The fraction of sp³-hybridized carbons (Fsp3) is 0.375. The summed E-state index contributed by atoms with van der Waals surface area (Å²) in [5.74, 6) is -3.01. The van der Waals surface area contributed by atoms with Gasteiger partial charge in [-0.25, -0.2) is 13.2 Å². The highest BCUT2D eigenvalue weighted by Crippen LogP contribution is 2.43. The van der Waals surface area contributed by atoms with Gasteiger partial charge < -0.3 is 34.1 Å². The van der Waals surface area contributed by atoms with Gasteiger partial charge in [-0.15, -0.1) is 0 Å². The van der Waals surface area contributed by atoms with E-state index in [4.69, 9.17) is 23.7 Å². The first-order valence-corrected chi connectivity index (χ1v) is 15.8. The highest BCUT2D eigenvalue weighted by Gasteiger charge is 2.60. The Labute approximate surface area is 261 Å². The van der Waals surface area contributed by atoms with Crippen LogP contribution in [0.3, 0.4) is 0 Å². The van der Waals surface area contributed by atoms with Crippen LogP contribution in [0, 0.1) is 5.41 Å². The van der Waals surface area contributed by atoms with E-state index in [1.54, 1.807) is 24.3 Å². The summed E-state index contributed by atoms with van der Waals surface area (Å²) in [6.45, 7) is 3.17. The molecule has 2 bridgehead atoms. The molecule has 0 saturated carbocycles. The van der Waals surface area contributed by atoms with E-state index in [-0.39, 0.29) is 37.9 Å². The Morgan fingerprint density at radius 3 is 1.96 bits per heavy atom. The van der Waals surface area contributed by atoms with Crippen molar-refractivity contribution in [3.8, 4) is 5.75 Å². The first-order chi connectivity index (χ1) is 21.5. The number of rotatable bonds is 13. The molecule has 6 rings (SSSR count). The van der Waals surface area contributed by atoms with Crippen molar-refractivity contribution in [2.45, 2.75) is 50.0 Å². The smallest absolute Gasteiger partial charge is 0.407 e. The number of aliphatic carboxylic acids is 1. The second-order valence-electron chi connectivity index (χ2n) is 11.4. The topological polar surface area (TPSA) is 150 Å². The van der Waals surface area contributed by atoms with Crippen molar-refractivity contribution in [1.82, 2.24) is 9.62 Å². The van der Waals surface area contributed by atoms with Crippen molar-refractivity contribution in [2.24, 2.45) is 5.41 Å². The third-order valence-electron chi connectivity index (χ3n) is 7.54. The van der Waals surface area contributed by atoms with Gasteiger partial charge in [0.15, 0.2) is 0 Å². The molecule has 12 nitrogen and oxygen atoms in total. The number of carbonyl (C=O) groups is 2. The molecule has 1 amide bonds. The molecule has 13 heteroatoms. The SMILES string of the molecule is CC(NC(=O)OCc1ccccc1)C(N(CC(=O)O)S(=O)(=O)c1ccc(OCc2ccccc2)cc1)C12OCC(C)(CO1)CO2. The largest absolute Gasteiger partial charge is 0.489 e. The van der Waals surface area contributed by atoms with Crippen LogP contribution in [0.5, 0.6) is 5.75 Å². The van der Waals surface area contributed by atoms with E-state index in [1.165, 1.54) is 31.2 Å². The number of sulfonamides is 1. The first kappa shape index (κ1) is 32.4. The molecule has 45 heavy (non-hydrogen) atoms. The van der Waals surface area contributed by atoms with E-state index in [1.807, 2.05) is 43.3 Å². The lowest BCUT2D eigenvalue weighted by molar-refractivity contribution is -0.480. The highest BCUT2D eigenvalue weighted by molar-refractivity contribution is 7.89. The number of carbonyl (C=O) groups excluding carboxylic acids is 1. The molecule has 2 unspecified atom stereocenters. The minimum absolute atomic E-state index is 0.0348. The Hall–Kier alpha value is -4.01. The van der Waals surface area contributed by atoms with Gasteiger partial charge >= 0.3 is 18.0 Å². The molecule has 3 saturated heterocycles. The zero-order valence-electron chi connectivity index (χ0n) is 25.0. The minimum atomic E-state index is -4.55. The van der Waals surface area contributed by atoms with Gasteiger partial charge in [0.05, 0.1) is 30.8 Å². The molecule has 0 spiro atoms. The van der Waals surface area contributed by atoms with Crippen LogP contribution in [-0.2, 0) is 47.0 Å². The van der Waals surface area contributed by atoms with E-state index in [0.29, 0.717) is 5.75 Å². The third-order valence-corrected chi connectivity index (χ3v) is 9.38. The van der Waals surface area contributed by atoms with Crippen molar-refractivity contribution in [2.75, 3.05) is 26.4 Å². The maximum Gasteiger partial charge on any atom is 0.407 e. The fourth-order valence-electron chi connectivity index (χ4n) is 5.14. The predicted molar refractivity (Wildman–Crippen MR) is 160 cm³/mol. The van der Waals surface area contributed by atoms with Crippen molar-refractivity contribution in [3.63, 3.8) is 0 Å². The van der Waals surface area contributed by atoms with Gasteiger partial charge in [0.1, 0.15) is 31.5 Å². The van der Waals surface area contributed by atoms with Crippen LogP contribution in [0.15, 0.2) is 89.8 Å². The quantitative estimate of drug-likeness (QED) is 0.283. The Balaban J connectivity index is 1.41. The first-order valence-electron chi connectivity index (χ1n) is 14.4. The molecule has 0 radical (unpaired) electrons. The lowest BCUT2D eigenvalue weighted by atomic mass is 9.90. The van der Waals surface area contributed by atoms with Gasteiger partial charge in [0, 0.05) is 5.41 Å². The number of fused-ring (bicyclic) bond motifs is 3. The molecule has 2 atom stereocenters. The molecule has 240 valence electrons. The summed E-state index contributed by atoms with van der Waals surface area (Å²) in [6, 6.07) is 21.5. The molecule has 3 aromatic carbocycles. The van der Waals surface area contributed by atoms with Gasteiger partial charge in [-0.2, -0.15) is 4.31 Å². The predicted octanol–water partition coefficient (Wildman–Crippen LogP) is 3.76. The molecule has 0 aliphatic carbocycles. The van der Waals surface area contributed by atoms with E-state index in [2.05, 4.69) is 5.32 Å². The molecule has 3 aromatic rings.